The lowest BCUT2D eigenvalue weighted by molar-refractivity contribution is -0.131. The van der Waals surface area contributed by atoms with E-state index in [9.17, 15) is 4.79 Å². The van der Waals surface area contributed by atoms with Crippen molar-refractivity contribution in [3.05, 3.63) is 59.4 Å². The summed E-state index contributed by atoms with van der Waals surface area (Å²) in [6.07, 6.45) is 6.41. The molecule has 1 N–H and O–H groups in total. The highest BCUT2D eigenvalue weighted by Gasteiger charge is 2.43. The predicted octanol–water partition coefficient (Wildman–Crippen LogP) is 5.78. The number of anilines is 2. The molecule has 176 valence electrons. The highest BCUT2D eigenvalue weighted by Crippen LogP contribution is 2.41. The highest BCUT2D eigenvalue weighted by atomic mass is 35.5. The minimum absolute atomic E-state index is 0.00408. The second kappa shape index (κ2) is 9.31. The Labute approximate surface area is 207 Å². The average Bonchev–Trinajstić information content (AvgIpc) is 3.11. The van der Waals surface area contributed by atoms with E-state index in [0.29, 0.717) is 32.9 Å². The molecule has 0 aliphatic carbocycles. The normalized spacial score (nSPS) is 21.4. The van der Waals surface area contributed by atoms with Gasteiger partial charge in [0.15, 0.2) is 11.5 Å². The maximum Gasteiger partial charge on any atom is 0.246 e. The number of benzene rings is 2. The number of ether oxygens (including phenoxy) is 2. The maximum absolute atomic E-state index is 12.3. The van der Waals surface area contributed by atoms with Crippen molar-refractivity contribution >= 4 is 51.5 Å². The van der Waals surface area contributed by atoms with E-state index in [1.165, 1.54) is 12.4 Å². The van der Waals surface area contributed by atoms with E-state index in [1.807, 2.05) is 23.1 Å². The number of amides is 1. The molecule has 3 atom stereocenters. The molecule has 1 aromatic heterocycles. The summed E-state index contributed by atoms with van der Waals surface area (Å²) < 4.78 is 12.1. The number of hydrogen-bond donors (Lipinski definition) is 1. The van der Waals surface area contributed by atoms with Crippen LogP contribution in [0.4, 0.5) is 11.5 Å². The molecule has 0 radical (unpaired) electrons. The van der Waals surface area contributed by atoms with E-state index in [4.69, 9.17) is 32.7 Å². The predicted molar refractivity (Wildman–Crippen MR) is 133 cm³/mol. The molecule has 7 nitrogen and oxygen atoms in total. The lowest BCUT2D eigenvalue weighted by atomic mass is 9.99. The number of nitrogens with one attached hydrogen (secondary N) is 1. The van der Waals surface area contributed by atoms with Crippen LogP contribution in [-0.4, -0.2) is 46.1 Å². The molecule has 2 aliphatic rings. The van der Waals surface area contributed by atoms with Crippen molar-refractivity contribution in [2.75, 3.05) is 12.4 Å². The van der Waals surface area contributed by atoms with E-state index in [-0.39, 0.29) is 24.1 Å². The SMILES string of the molecule is C=CC(=O)N1[C@@H]2CC[C@H]1C[C@H](Oc1cc3c(Nc4ccc(Cl)c(Cl)c4)ncnc3cc1OC)C2. The summed E-state index contributed by atoms with van der Waals surface area (Å²) in [6, 6.07) is 9.40. The Kier molecular flexibility index (Phi) is 6.23. The van der Waals surface area contributed by atoms with Crippen molar-refractivity contribution in [2.24, 2.45) is 0 Å². The molecule has 34 heavy (non-hydrogen) atoms. The van der Waals surface area contributed by atoms with Crippen LogP contribution in [0.25, 0.3) is 10.9 Å². The molecular formula is C25H24Cl2N4O3. The van der Waals surface area contributed by atoms with Crippen molar-refractivity contribution in [2.45, 2.75) is 43.9 Å². The zero-order valence-electron chi connectivity index (χ0n) is 18.6. The van der Waals surface area contributed by atoms with Crippen molar-refractivity contribution in [1.29, 1.82) is 0 Å². The number of fused-ring (bicyclic) bond motifs is 3. The fraction of sp³-hybridized carbons (Fsp3) is 0.320. The van der Waals surface area contributed by atoms with Gasteiger partial charge in [-0.25, -0.2) is 9.97 Å². The first-order chi connectivity index (χ1) is 16.5. The summed E-state index contributed by atoms with van der Waals surface area (Å²) in [6.45, 7) is 3.65. The van der Waals surface area contributed by atoms with E-state index < -0.39 is 0 Å². The first kappa shape index (κ1) is 22.7. The van der Waals surface area contributed by atoms with Crippen LogP contribution in [0.3, 0.4) is 0 Å². The number of carbonyl (C=O) groups is 1. The van der Waals surface area contributed by atoms with Crippen LogP contribution in [0, 0.1) is 0 Å². The van der Waals surface area contributed by atoms with Crippen molar-refractivity contribution < 1.29 is 14.3 Å². The van der Waals surface area contributed by atoms with Crippen LogP contribution in [0.15, 0.2) is 49.3 Å². The Morgan fingerprint density at radius 3 is 2.56 bits per heavy atom. The van der Waals surface area contributed by atoms with E-state index in [0.717, 1.165) is 36.8 Å². The van der Waals surface area contributed by atoms with Gasteiger partial charge in [-0.15, -0.1) is 0 Å². The molecule has 2 fully saturated rings. The fourth-order valence-electron chi connectivity index (χ4n) is 4.99. The Morgan fingerprint density at radius 1 is 1.12 bits per heavy atom. The third kappa shape index (κ3) is 4.26. The Bertz CT molecular complexity index is 1250. The van der Waals surface area contributed by atoms with Crippen LogP contribution < -0.4 is 14.8 Å². The third-order valence-corrected chi connectivity index (χ3v) is 7.25. The molecule has 0 saturated carbocycles. The second-order valence-corrected chi connectivity index (χ2v) is 9.36. The van der Waals surface area contributed by atoms with Crippen LogP contribution >= 0.6 is 23.2 Å². The topological polar surface area (TPSA) is 76.6 Å². The molecule has 9 heteroatoms. The quantitative estimate of drug-likeness (QED) is 0.434. The van der Waals surface area contributed by atoms with Gasteiger partial charge in [-0.1, -0.05) is 29.8 Å². The first-order valence-corrected chi connectivity index (χ1v) is 11.9. The minimum Gasteiger partial charge on any atom is -0.493 e. The Balaban J connectivity index is 1.43. The van der Waals surface area contributed by atoms with E-state index in [1.54, 1.807) is 19.2 Å². The molecule has 3 aromatic rings. The van der Waals surface area contributed by atoms with Gasteiger partial charge in [-0.2, -0.15) is 0 Å². The molecule has 1 amide bonds. The lowest BCUT2D eigenvalue weighted by Crippen LogP contribution is -2.48. The Hall–Kier alpha value is -3.03. The van der Waals surface area contributed by atoms with Gasteiger partial charge < -0.3 is 19.7 Å². The second-order valence-electron chi connectivity index (χ2n) is 8.54. The summed E-state index contributed by atoms with van der Waals surface area (Å²) in [7, 11) is 1.61. The number of methoxy groups -OCH3 is 1. The summed E-state index contributed by atoms with van der Waals surface area (Å²) in [5, 5.41) is 5.00. The van der Waals surface area contributed by atoms with Gasteiger partial charge in [-0.3, -0.25) is 4.79 Å². The lowest BCUT2D eigenvalue weighted by Gasteiger charge is -2.38. The van der Waals surface area contributed by atoms with Gasteiger partial charge in [0.05, 0.1) is 22.7 Å². The minimum atomic E-state index is -0.0196. The maximum atomic E-state index is 12.3. The van der Waals surface area contributed by atoms with E-state index >= 15 is 0 Å². The van der Waals surface area contributed by atoms with Crippen molar-refractivity contribution in [1.82, 2.24) is 14.9 Å². The standard InChI is InChI=1S/C25H24Cl2N4O3/c1-3-24(32)31-15-5-6-16(31)10-17(9-15)34-23-11-18-21(12-22(23)33-2)28-13-29-25(18)30-14-4-7-19(26)20(27)8-14/h3-4,7-8,11-13,15-17H,1,5-6,9-10H2,2H3,(H,28,29,30)/t15-,16+,17-. The third-order valence-electron chi connectivity index (χ3n) is 6.52. The molecule has 2 aliphatic heterocycles. The van der Waals surface area contributed by atoms with Gasteiger partial charge in [0.25, 0.3) is 0 Å². The number of rotatable bonds is 6. The molecule has 0 unspecified atom stereocenters. The van der Waals surface area contributed by atoms with Gasteiger partial charge in [0.1, 0.15) is 18.2 Å². The summed E-state index contributed by atoms with van der Waals surface area (Å²) in [5.74, 6) is 1.84. The molecule has 3 heterocycles. The average molecular weight is 499 g/mol. The van der Waals surface area contributed by atoms with Crippen molar-refractivity contribution in [3.8, 4) is 11.5 Å². The van der Waals surface area contributed by atoms with E-state index in [2.05, 4.69) is 21.9 Å². The number of nitrogens with zero attached hydrogens (tertiary/aromatic N) is 3. The number of piperidine rings is 1. The zero-order valence-corrected chi connectivity index (χ0v) is 20.1. The van der Waals surface area contributed by atoms with Gasteiger partial charge in [0.2, 0.25) is 5.91 Å². The fourth-order valence-corrected chi connectivity index (χ4v) is 5.29. The van der Waals surface area contributed by atoms with Crippen LogP contribution in [-0.2, 0) is 4.79 Å². The number of hydrogen-bond acceptors (Lipinski definition) is 6. The molecule has 2 aromatic carbocycles. The molecular weight excluding hydrogens is 475 g/mol. The summed E-state index contributed by atoms with van der Waals surface area (Å²) >= 11 is 12.2. The summed E-state index contributed by atoms with van der Waals surface area (Å²) in [4.78, 5) is 23.1. The van der Waals surface area contributed by atoms with Crippen LogP contribution in [0.2, 0.25) is 10.0 Å². The molecule has 5 rings (SSSR count). The van der Waals surface area contributed by atoms with Crippen LogP contribution in [0.5, 0.6) is 11.5 Å². The molecule has 2 bridgehead atoms. The molecule has 0 spiro atoms. The van der Waals surface area contributed by atoms with Gasteiger partial charge in [-0.05, 0) is 43.2 Å². The number of aromatic nitrogens is 2. The molecule has 2 saturated heterocycles. The monoisotopic (exact) mass is 498 g/mol. The van der Waals surface area contributed by atoms with Gasteiger partial charge in [0, 0.05) is 42.1 Å². The smallest absolute Gasteiger partial charge is 0.246 e. The van der Waals surface area contributed by atoms with Gasteiger partial charge >= 0.3 is 0 Å². The number of carbonyl (C=O) groups excluding carboxylic acids is 1. The first-order valence-electron chi connectivity index (χ1n) is 11.1. The zero-order chi connectivity index (χ0) is 23.8. The number of halogens is 2. The Morgan fingerprint density at radius 2 is 1.88 bits per heavy atom. The van der Waals surface area contributed by atoms with Crippen LogP contribution in [0.1, 0.15) is 25.7 Å². The highest BCUT2D eigenvalue weighted by molar-refractivity contribution is 6.42. The largest absolute Gasteiger partial charge is 0.493 e. The summed E-state index contributed by atoms with van der Waals surface area (Å²) in [5.41, 5.74) is 1.47. The van der Waals surface area contributed by atoms with Crippen molar-refractivity contribution in [3.63, 3.8) is 0 Å².